The monoisotopic (exact) mass is 274 g/mol. The molecule has 0 fully saturated rings. The van der Waals surface area contributed by atoms with Crippen molar-refractivity contribution in [3.8, 4) is 0 Å². The molecule has 2 N–H and O–H groups in total. The van der Waals surface area contributed by atoms with Crippen molar-refractivity contribution in [2.24, 2.45) is 5.41 Å². The zero-order valence-electron chi connectivity index (χ0n) is 11.3. The van der Waals surface area contributed by atoms with Crippen LogP contribution in [0, 0.1) is 11.2 Å². The summed E-state index contributed by atoms with van der Waals surface area (Å²) in [5.41, 5.74) is 1.16. The van der Waals surface area contributed by atoms with Gasteiger partial charge in [-0.1, -0.05) is 42.5 Å². The highest BCUT2D eigenvalue weighted by molar-refractivity contribution is 5.21. The highest BCUT2D eigenvalue weighted by Crippen LogP contribution is 2.27. The van der Waals surface area contributed by atoms with E-state index in [9.17, 15) is 14.6 Å². The average molecular weight is 274 g/mol. The average Bonchev–Trinajstić information content (AvgIpc) is 2.47. The van der Waals surface area contributed by atoms with E-state index in [2.05, 4.69) is 0 Å². The number of aliphatic hydroxyl groups excluding tert-OH is 2. The van der Waals surface area contributed by atoms with Gasteiger partial charge in [0.2, 0.25) is 0 Å². The largest absolute Gasteiger partial charge is 0.396 e. The fourth-order valence-electron chi connectivity index (χ4n) is 2.44. The van der Waals surface area contributed by atoms with Gasteiger partial charge < -0.3 is 10.2 Å². The van der Waals surface area contributed by atoms with Crippen molar-refractivity contribution in [3.63, 3.8) is 0 Å². The molecule has 0 heterocycles. The highest BCUT2D eigenvalue weighted by atomic mass is 19.1. The van der Waals surface area contributed by atoms with Crippen LogP contribution in [-0.2, 0) is 12.8 Å². The second-order valence-electron chi connectivity index (χ2n) is 5.29. The summed E-state index contributed by atoms with van der Waals surface area (Å²) < 4.78 is 13.3. The maximum atomic E-state index is 13.3. The van der Waals surface area contributed by atoms with Crippen molar-refractivity contribution in [1.29, 1.82) is 0 Å². The molecule has 0 atom stereocenters. The van der Waals surface area contributed by atoms with Gasteiger partial charge in [0.05, 0.1) is 13.2 Å². The molecule has 2 rings (SSSR count). The third kappa shape index (κ3) is 3.65. The Labute approximate surface area is 118 Å². The van der Waals surface area contributed by atoms with Gasteiger partial charge in [-0.3, -0.25) is 0 Å². The van der Waals surface area contributed by atoms with Gasteiger partial charge in [-0.25, -0.2) is 4.39 Å². The van der Waals surface area contributed by atoms with Crippen molar-refractivity contribution >= 4 is 0 Å². The third-order valence-corrected chi connectivity index (χ3v) is 3.56. The first-order valence-corrected chi connectivity index (χ1v) is 6.67. The maximum Gasteiger partial charge on any atom is 0.123 e. The summed E-state index contributed by atoms with van der Waals surface area (Å²) in [7, 11) is 0. The summed E-state index contributed by atoms with van der Waals surface area (Å²) >= 11 is 0. The van der Waals surface area contributed by atoms with E-state index in [0.717, 1.165) is 11.1 Å². The van der Waals surface area contributed by atoms with E-state index in [0.29, 0.717) is 12.8 Å². The molecule has 0 saturated heterocycles. The molecule has 0 bridgehead atoms. The molecule has 20 heavy (non-hydrogen) atoms. The highest BCUT2D eigenvalue weighted by Gasteiger charge is 2.29. The summed E-state index contributed by atoms with van der Waals surface area (Å²) in [6.07, 6.45) is 0.990. The lowest BCUT2D eigenvalue weighted by Crippen LogP contribution is -2.34. The molecule has 2 aromatic rings. The first-order valence-electron chi connectivity index (χ1n) is 6.67. The van der Waals surface area contributed by atoms with E-state index >= 15 is 0 Å². The number of halogens is 1. The van der Waals surface area contributed by atoms with Crippen LogP contribution >= 0.6 is 0 Å². The summed E-state index contributed by atoms with van der Waals surface area (Å²) in [5, 5.41) is 19.4. The van der Waals surface area contributed by atoms with Crippen LogP contribution in [0.25, 0.3) is 0 Å². The second-order valence-corrected chi connectivity index (χ2v) is 5.29. The maximum absolute atomic E-state index is 13.3. The molecule has 3 heteroatoms. The van der Waals surface area contributed by atoms with Crippen LogP contribution in [0.5, 0.6) is 0 Å². The molecule has 2 aromatic carbocycles. The normalized spacial score (nSPS) is 11.6. The molecule has 0 saturated carbocycles. The molecule has 0 amide bonds. The molecule has 0 aliphatic carbocycles. The van der Waals surface area contributed by atoms with Gasteiger partial charge in [0.25, 0.3) is 0 Å². The van der Waals surface area contributed by atoms with Gasteiger partial charge in [0.1, 0.15) is 5.82 Å². The van der Waals surface area contributed by atoms with Gasteiger partial charge in [0.15, 0.2) is 0 Å². The first kappa shape index (κ1) is 14.7. The topological polar surface area (TPSA) is 40.5 Å². The molecule has 0 aromatic heterocycles. The van der Waals surface area contributed by atoms with E-state index in [-0.39, 0.29) is 19.0 Å². The van der Waals surface area contributed by atoms with Crippen LogP contribution in [0.15, 0.2) is 54.6 Å². The van der Waals surface area contributed by atoms with Crippen molar-refractivity contribution in [2.45, 2.75) is 12.8 Å². The minimum absolute atomic E-state index is 0.144. The summed E-state index contributed by atoms with van der Waals surface area (Å²) in [5.74, 6) is -0.299. The number of benzene rings is 2. The summed E-state index contributed by atoms with van der Waals surface area (Å²) in [6.45, 7) is -0.288. The van der Waals surface area contributed by atoms with Crippen LogP contribution in [0.2, 0.25) is 0 Å². The van der Waals surface area contributed by atoms with Crippen molar-refractivity contribution in [1.82, 2.24) is 0 Å². The zero-order valence-corrected chi connectivity index (χ0v) is 11.3. The molecule has 0 spiro atoms. The van der Waals surface area contributed by atoms with Gasteiger partial charge >= 0.3 is 0 Å². The van der Waals surface area contributed by atoms with Crippen LogP contribution < -0.4 is 0 Å². The van der Waals surface area contributed by atoms with Crippen molar-refractivity contribution in [2.75, 3.05) is 13.2 Å². The van der Waals surface area contributed by atoms with Crippen molar-refractivity contribution < 1.29 is 14.6 Å². The van der Waals surface area contributed by atoms with Crippen LogP contribution in [0.3, 0.4) is 0 Å². The molecular formula is C17H19FO2. The molecule has 2 nitrogen and oxygen atoms in total. The molecule has 106 valence electrons. The van der Waals surface area contributed by atoms with Gasteiger partial charge in [-0.15, -0.1) is 0 Å². The lowest BCUT2D eigenvalue weighted by atomic mass is 9.78. The Kier molecular flexibility index (Phi) is 4.88. The fourth-order valence-corrected chi connectivity index (χ4v) is 2.44. The quantitative estimate of drug-likeness (QED) is 0.850. The van der Waals surface area contributed by atoms with Crippen LogP contribution in [-0.4, -0.2) is 23.4 Å². The summed E-state index contributed by atoms with van der Waals surface area (Å²) in [6, 6.07) is 16.0. The van der Waals surface area contributed by atoms with E-state index < -0.39 is 5.41 Å². The van der Waals surface area contributed by atoms with E-state index in [1.165, 1.54) is 12.1 Å². The number of hydrogen-bond donors (Lipinski definition) is 2. The zero-order chi connectivity index (χ0) is 14.4. The minimum atomic E-state index is -0.671. The Hall–Kier alpha value is -1.71. The lowest BCUT2D eigenvalue weighted by Gasteiger charge is -2.30. The number of aliphatic hydroxyl groups is 2. The SMILES string of the molecule is OCC(CO)(Cc1ccccc1)Cc1cccc(F)c1. The predicted molar refractivity (Wildman–Crippen MR) is 76.9 cm³/mol. The van der Waals surface area contributed by atoms with E-state index in [1.54, 1.807) is 6.07 Å². The Bertz CT molecular complexity index is 536. The van der Waals surface area contributed by atoms with Crippen LogP contribution in [0.4, 0.5) is 4.39 Å². The second kappa shape index (κ2) is 6.64. The van der Waals surface area contributed by atoms with Crippen LogP contribution in [0.1, 0.15) is 11.1 Å². The Morgan fingerprint density at radius 3 is 2.00 bits per heavy atom. The first-order chi connectivity index (χ1) is 9.67. The smallest absolute Gasteiger partial charge is 0.123 e. The number of hydrogen-bond acceptors (Lipinski definition) is 2. The Morgan fingerprint density at radius 1 is 0.800 bits per heavy atom. The van der Waals surface area contributed by atoms with Gasteiger partial charge in [-0.05, 0) is 36.1 Å². The third-order valence-electron chi connectivity index (χ3n) is 3.56. The van der Waals surface area contributed by atoms with Gasteiger partial charge in [-0.2, -0.15) is 0 Å². The molecule has 0 radical (unpaired) electrons. The summed E-state index contributed by atoms with van der Waals surface area (Å²) in [4.78, 5) is 0. The minimum Gasteiger partial charge on any atom is -0.396 e. The Morgan fingerprint density at radius 2 is 1.40 bits per heavy atom. The molecular weight excluding hydrogens is 255 g/mol. The fraction of sp³-hybridized carbons (Fsp3) is 0.294. The Balaban J connectivity index is 2.21. The molecule has 0 aliphatic heterocycles. The van der Waals surface area contributed by atoms with Crippen molar-refractivity contribution in [3.05, 3.63) is 71.5 Å². The van der Waals surface area contributed by atoms with E-state index in [1.807, 2.05) is 36.4 Å². The number of rotatable bonds is 6. The molecule has 0 unspecified atom stereocenters. The lowest BCUT2D eigenvalue weighted by molar-refractivity contribution is 0.0547. The van der Waals surface area contributed by atoms with Gasteiger partial charge in [0, 0.05) is 5.41 Å². The van der Waals surface area contributed by atoms with E-state index in [4.69, 9.17) is 0 Å². The molecule has 0 aliphatic rings. The standard InChI is InChI=1S/C17H19FO2/c18-16-8-4-7-15(9-16)11-17(12-19,13-20)10-14-5-2-1-3-6-14/h1-9,19-20H,10-13H2. The predicted octanol–water partition coefficient (Wildman–Crippen LogP) is 2.58.